The summed E-state index contributed by atoms with van der Waals surface area (Å²) in [6, 6.07) is 5.53. The van der Waals surface area contributed by atoms with Crippen molar-refractivity contribution in [2.75, 3.05) is 0 Å². The van der Waals surface area contributed by atoms with Gasteiger partial charge in [-0.3, -0.25) is 0 Å². The van der Waals surface area contributed by atoms with E-state index in [1.165, 1.54) is 18.5 Å². The first kappa shape index (κ1) is 10.2. The number of nitrogens with one attached hydrogen (secondary N) is 1. The van der Waals surface area contributed by atoms with Crippen LogP contribution in [-0.4, -0.2) is 4.98 Å². The van der Waals surface area contributed by atoms with Crippen molar-refractivity contribution >= 4 is 10.9 Å². The van der Waals surface area contributed by atoms with E-state index >= 15 is 0 Å². The number of halogens is 1. The highest BCUT2D eigenvalue weighted by atomic mass is 19.1. The lowest BCUT2D eigenvalue weighted by Crippen LogP contribution is -1.83. The van der Waals surface area contributed by atoms with Gasteiger partial charge in [-0.05, 0) is 43.5 Å². The topological polar surface area (TPSA) is 15.8 Å². The second kappa shape index (κ2) is 4.05. The molecule has 1 aromatic carbocycles. The van der Waals surface area contributed by atoms with Gasteiger partial charge in [-0.2, -0.15) is 0 Å². The average molecular weight is 205 g/mol. The van der Waals surface area contributed by atoms with Crippen LogP contribution in [0.3, 0.4) is 0 Å². The van der Waals surface area contributed by atoms with Gasteiger partial charge in [0.05, 0.1) is 0 Å². The van der Waals surface area contributed by atoms with Gasteiger partial charge in [0.1, 0.15) is 5.82 Å². The fraction of sp³-hybridized carbons (Fsp3) is 0.385. The molecule has 0 radical (unpaired) electrons. The van der Waals surface area contributed by atoms with Crippen LogP contribution < -0.4 is 0 Å². The first-order valence-corrected chi connectivity index (χ1v) is 5.48. The molecule has 2 rings (SSSR count). The van der Waals surface area contributed by atoms with Crippen molar-refractivity contribution in [3.63, 3.8) is 0 Å². The average Bonchev–Trinajstić information content (AvgIpc) is 2.58. The molecular formula is C13H16FN. The van der Waals surface area contributed by atoms with E-state index in [2.05, 4.69) is 11.9 Å². The normalized spacial score (nSPS) is 11.1. The van der Waals surface area contributed by atoms with Crippen LogP contribution in [0.15, 0.2) is 18.2 Å². The number of rotatable bonds is 3. The van der Waals surface area contributed by atoms with Gasteiger partial charge in [0.25, 0.3) is 0 Å². The van der Waals surface area contributed by atoms with E-state index in [-0.39, 0.29) is 5.82 Å². The Kier molecular flexibility index (Phi) is 2.76. The maximum absolute atomic E-state index is 13.3. The van der Waals surface area contributed by atoms with Crippen molar-refractivity contribution in [3.8, 4) is 0 Å². The number of aryl methyl sites for hydroxylation is 2. The largest absolute Gasteiger partial charge is 0.358 e. The lowest BCUT2D eigenvalue weighted by atomic mass is 10.1. The molecule has 0 amide bonds. The third-order valence-electron chi connectivity index (χ3n) is 2.76. The molecule has 1 nitrogen and oxygen atoms in total. The van der Waals surface area contributed by atoms with Crippen molar-refractivity contribution < 1.29 is 4.39 Å². The Morgan fingerprint density at radius 1 is 1.27 bits per heavy atom. The Morgan fingerprint density at radius 2 is 2.07 bits per heavy atom. The molecule has 0 fully saturated rings. The number of fused-ring (bicyclic) bond motifs is 1. The number of H-pyrrole nitrogens is 1. The number of aromatic amines is 1. The van der Waals surface area contributed by atoms with Gasteiger partial charge in [-0.25, -0.2) is 4.39 Å². The summed E-state index contributed by atoms with van der Waals surface area (Å²) in [6.07, 6.45) is 3.41. The molecule has 0 aliphatic heterocycles. The zero-order valence-corrected chi connectivity index (χ0v) is 9.23. The highest BCUT2D eigenvalue weighted by Crippen LogP contribution is 2.20. The van der Waals surface area contributed by atoms with Gasteiger partial charge in [-0.15, -0.1) is 0 Å². The first-order chi connectivity index (χ1) is 7.20. The molecule has 1 N–H and O–H groups in total. The molecule has 2 heteroatoms. The second-order valence-electron chi connectivity index (χ2n) is 4.09. The monoisotopic (exact) mass is 205 g/mol. The molecular weight excluding hydrogens is 189 g/mol. The lowest BCUT2D eigenvalue weighted by molar-refractivity contribution is 0.620. The van der Waals surface area contributed by atoms with Crippen LogP contribution in [0.1, 0.15) is 31.0 Å². The van der Waals surface area contributed by atoms with Crippen LogP contribution >= 0.6 is 0 Å². The first-order valence-electron chi connectivity index (χ1n) is 5.48. The second-order valence-corrected chi connectivity index (χ2v) is 4.09. The minimum Gasteiger partial charge on any atom is -0.358 e. The van der Waals surface area contributed by atoms with Crippen LogP contribution in [0.25, 0.3) is 10.9 Å². The molecule has 0 unspecified atom stereocenters. The molecule has 0 spiro atoms. The van der Waals surface area contributed by atoms with E-state index in [0.29, 0.717) is 5.56 Å². The van der Waals surface area contributed by atoms with Gasteiger partial charge < -0.3 is 4.98 Å². The summed E-state index contributed by atoms with van der Waals surface area (Å²) in [5.74, 6) is -0.122. The number of aromatic nitrogens is 1. The van der Waals surface area contributed by atoms with Crippen molar-refractivity contribution in [2.24, 2.45) is 0 Å². The van der Waals surface area contributed by atoms with Crippen LogP contribution in [0, 0.1) is 12.7 Å². The van der Waals surface area contributed by atoms with E-state index < -0.39 is 0 Å². The van der Waals surface area contributed by atoms with Crippen LogP contribution in [0.4, 0.5) is 4.39 Å². The van der Waals surface area contributed by atoms with Gasteiger partial charge in [-0.1, -0.05) is 13.3 Å². The van der Waals surface area contributed by atoms with E-state index in [0.717, 1.165) is 17.3 Å². The third-order valence-corrected chi connectivity index (χ3v) is 2.76. The van der Waals surface area contributed by atoms with Crippen LogP contribution in [0.5, 0.6) is 0 Å². The maximum atomic E-state index is 13.3. The van der Waals surface area contributed by atoms with Crippen molar-refractivity contribution in [1.82, 2.24) is 4.98 Å². The van der Waals surface area contributed by atoms with Crippen LogP contribution in [-0.2, 0) is 6.42 Å². The molecule has 0 atom stereocenters. The van der Waals surface area contributed by atoms with E-state index in [1.54, 1.807) is 13.0 Å². The summed E-state index contributed by atoms with van der Waals surface area (Å²) in [4.78, 5) is 3.33. The summed E-state index contributed by atoms with van der Waals surface area (Å²) in [5.41, 5.74) is 2.95. The Balaban J connectivity index is 2.38. The fourth-order valence-electron chi connectivity index (χ4n) is 1.82. The highest BCUT2D eigenvalue weighted by Gasteiger charge is 2.04. The van der Waals surface area contributed by atoms with Crippen molar-refractivity contribution in [3.05, 3.63) is 35.3 Å². The van der Waals surface area contributed by atoms with Crippen molar-refractivity contribution in [2.45, 2.75) is 33.1 Å². The zero-order chi connectivity index (χ0) is 10.8. The zero-order valence-electron chi connectivity index (χ0n) is 9.23. The maximum Gasteiger partial charge on any atom is 0.126 e. The Labute approximate surface area is 89.3 Å². The fourth-order valence-corrected chi connectivity index (χ4v) is 1.82. The molecule has 15 heavy (non-hydrogen) atoms. The standard InChI is InChI=1S/C13H16FN/c1-3-4-5-11-7-10-8-12(14)9(2)6-13(10)15-11/h6-8,15H,3-5H2,1-2H3. The smallest absolute Gasteiger partial charge is 0.126 e. The minimum atomic E-state index is -0.122. The molecule has 0 aliphatic carbocycles. The summed E-state index contributed by atoms with van der Waals surface area (Å²) >= 11 is 0. The Hall–Kier alpha value is -1.31. The molecule has 0 bridgehead atoms. The van der Waals surface area contributed by atoms with Gasteiger partial charge >= 0.3 is 0 Å². The summed E-state index contributed by atoms with van der Waals surface area (Å²) in [7, 11) is 0. The number of unbranched alkanes of at least 4 members (excludes halogenated alkanes) is 1. The Morgan fingerprint density at radius 3 is 2.80 bits per heavy atom. The van der Waals surface area contributed by atoms with Gasteiger partial charge in [0.2, 0.25) is 0 Å². The molecule has 0 saturated carbocycles. The Bertz CT molecular complexity index is 432. The third kappa shape index (κ3) is 2.04. The number of hydrogen-bond donors (Lipinski definition) is 1. The summed E-state index contributed by atoms with van der Waals surface area (Å²) in [5, 5.41) is 0.976. The highest BCUT2D eigenvalue weighted by molar-refractivity contribution is 5.81. The number of benzene rings is 1. The van der Waals surface area contributed by atoms with Crippen molar-refractivity contribution in [1.29, 1.82) is 0 Å². The molecule has 0 saturated heterocycles. The SMILES string of the molecule is CCCCc1cc2cc(F)c(C)cc2[nH]1. The molecule has 80 valence electrons. The van der Waals surface area contributed by atoms with Crippen LogP contribution in [0.2, 0.25) is 0 Å². The van der Waals surface area contributed by atoms with Gasteiger partial charge in [0.15, 0.2) is 0 Å². The van der Waals surface area contributed by atoms with E-state index in [1.807, 2.05) is 12.1 Å². The predicted octanol–water partition coefficient (Wildman–Crippen LogP) is 3.96. The molecule has 1 aromatic heterocycles. The number of hydrogen-bond acceptors (Lipinski definition) is 0. The molecule has 1 heterocycles. The van der Waals surface area contributed by atoms with E-state index in [4.69, 9.17) is 0 Å². The molecule has 2 aromatic rings. The van der Waals surface area contributed by atoms with E-state index in [9.17, 15) is 4.39 Å². The lowest BCUT2D eigenvalue weighted by Gasteiger charge is -1.95. The quantitative estimate of drug-likeness (QED) is 0.780. The molecule has 0 aliphatic rings. The minimum absolute atomic E-state index is 0.122. The summed E-state index contributed by atoms with van der Waals surface area (Å²) < 4.78 is 13.3. The predicted molar refractivity (Wildman–Crippen MR) is 61.6 cm³/mol. The van der Waals surface area contributed by atoms with Gasteiger partial charge in [0, 0.05) is 16.6 Å². The summed E-state index contributed by atoms with van der Waals surface area (Å²) in [6.45, 7) is 3.97.